The molecule has 4 nitrogen and oxygen atoms in total. The molecule has 1 aliphatic heterocycles. The Morgan fingerprint density at radius 2 is 1.85 bits per heavy atom. The second-order valence-corrected chi connectivity index (χ2v) is 7.57. The number of carbonyl (C=O) groups is 2. The van der Waals surface area contributed by atoms with Gasteiger partial charge in [0.25, 0.3) is 0 Å². The van der Waals surface area contributed by atoms with Crippen molar-refractivity contribution >= 4 is 17.5 Å². The van der Waals surface area contributed by atoms with Crippen LogP contribution in [0.4, 0.5) is 10.1 Å². The van der Waals surface area contributed by atoms with Gasteiger partial charge < -0.3 is 10.2 Å². The highest BCUT2D eigenvalue weighted by Crippen LogP contribution is 2.49. The molecule has 0 radical (unpaired) electrons. The molecule has 1 N–H and O–H groups in total. The third-order valence-corrected chi connectivity index (χ3v) is 5.63. The number of nitrogens with zero attached hydrogens (tertiary/aromatic N) is 1. The van der Waals surface area contributed by atoms with Gasteiger partial charge in [0.15, 0.2) is 0 Å². The van der Waals surface area contributed by atoms with Crippen LogP contribution in [0.1, 0.15) is 30.9 Å². The summed E-state index contributed by atoms with van der Waals surface area (Å²) in [5, 5.41) is 2.91. The summed E-state index contributed by atoms with van der Waals surface area (Å²) in [5.41, 5.74) is 2.12. The van der Waals surface area contributed by atoms with Crippen LogP contribution in [-0.4, -0.2) is 24.4 Å². The van der Waals surface area contributed by atoms with Crippen LogP contribution in [0, 0.1) is 11.2 Å². The standard InChI is InChI=1S/C22H23FN2O2/c1-15-14-17-4-2-3-5-19(17)25(15)21(27)22(11-12-22)20(26)24-13-10-16-6-8-18(23)9-7-16/h2-9,15H,10-14H2,1H3,(H,24,26). The van der Waals surface area contributed by atoms with Crippen molar-refractivity contribution in [1.82, 2.24) is 5.32 Å². The van der Waals surface area contributed by atoms with E-state index in [1.54, 1.807) is 12.1 Å². The molecule has 2 amide bonds. The topological polar surface area (TPSA) is 49.4 Å². The lowest BCUT2D eigenvalue weighted by Gasteiger charge is -2.27. The van der Waals surface area contributed by atoms with Crippen molar-refractivity contribution in [1.29, 1.82) is 0 Å². The maximum Gasteiger partial charge on any atom is 0.242 e. The number of fused-ring (bicyclic) bond motifs is 1. The number of anilines is 1. The summed E-state index contributed by atoms with van der Waals surface area (Å²) in [7, 11) is 0. The van der Waals surface area contributed by atoms with Gasteiger partial charge in [0.05, 0.1) is 0 Å². The molecular formula is C22H23FN2O2. The Kier molecular flexibility index (Phi) is 4.46. The van der Waals surface area contributed by atoms with Crippen LogP contribution in [0.15, 0.2) is 48.5 Å². The number of rotatable bonds is 5. The summed E-state index contributed by atoms with van der Waals surface area (Å²) in [6.45, 7) is 2.46. The van der Waals surface area contributed by atoms with Crippen LogP contribution >= 0.6 is 0 Å². The Hall–Kier alpha value is -2.69. The lowest BCUT2D eigenvalue weighted by Crippen LogP contribution is -2.47. The lowest BCUT2D eigenvalue weighted by atomic mass is 10.0. The van der Waals surface area contributed by atoms with Gasteiger partial charge in [0.1, 0.15) is 11.2 Å². The third-order valence-electron chi connectivity index (χ3n) is 5.63. The predicted octanol–water partition coefficient (Wildman–Crippen LogP) is 3.24. The SMILES string of the molecule is CC1Cc2ccccc2N1C(=O)C1(C(=O)NCCc2ccc(F)cc2)CC1. The van der Waals surface area contributed by atoms with Crippen molar-refractivity contribution in [2.75, 3.05) is 11.4 Å². The monoisotopic (exact) mass is 366 g/mol. The fourth-order valence-electron chi connectivity index (χ4n) is 3.91. The molecule has 4 rings (SSSR count). The van der Waals surface area contributed by atoms with Crippen LogP contribution in [0.5, 0.6) is 0 Å². The van der Waals surface area contributed by atoms with Crippen molar-refractivity contribution in [3.63, 3.8) is 0 Å². The zero-order chi connectivity index (χ0) is 19.0. The molecule has 140 valence electrons. The first kappa shape index (κ1) is 17.7. The minimum Gasteiger partial charge on any atom is -0.355 e. The molecule has 2 aromatic carbocycles. The highest BCUT2D eigenvalue weighted by Gasteiger charge is 2.59. The molecule has 27 heavy (non-hydrogen) atoms. The Morgan fingerprint density at radius 3 is 2.56 bits per heavy atom. The number of hydrogen-bond acceptors (Lipinski definition) is 2. The highest BCUT2D eigenvalue weighted by atomic mass is 19.1. The Bertz CT molecular complexity index is 874. The van der Waals surface area contributed by atoms with Gasteiger partial charge >= 0.3 is 0 Å². The first-order chi connectivity index (χ1) is 13.0. The van der Waals surface area contributed by atoms with E-state index < -0.39 is 5.41 Å². The quantitative estimate of drug-likeness (QED) is 0.826. The van der Waals surface area contributed by atoms with E-state index in [0.717, 1.165) is 23.2 Å². The molecule has 1 saturated carbocycles. The van der Waals surface area contributed by atoms with Crippen LogP contribution in [0.25, 0.3) is 0 Å². The van der Waals surface area contributed by atoms with Crippen LogP contribution < -0.4 is 10.2 Å². The first-order valence-corrected chi connectivity index (χ1v) is 9.45. The average molecular weight is 366 g/mol. The molecular weight excluding hydrogens is 343 g/mol. The summed E-state index contributed by atoms with van der Waals surface area (Å²) in [6.07, 6.45) is 2.63. The van der Waals surface area contributed by atoms with Gasteiger partial charge in [-0.2, -0.15) is 0 Å². The summed E-state index contributed by atoms with van der Waals surface area (Å²) in [4.78, 5) is 27.8. The Labute approximate surface area is 158 Å². The van der Waals surface area contributed by atoms with Crippen molar-refractivity contribution in [2.24, 2.45) is 5.41 Å². The zero-order valence-electron chi connectivity index (χ0n) is 15.4. The fourth-order valence-corrected chi connectivity index (χ4v) is 3.91. The normalized spacial score (nSPS) is 19.5. The predicted molar refractivity (Wildman–Crippen MR) is 102 cm³/mol. The number of benzene rings is 2. The largest absolute Gasteiger partial charge is 0.355 e. The van der Waals surface area contributed by atoms with Gasteiger partial charge in [0.2, 0.25) is 11.8 Å². The molecule has 0 saturated heterocycles. The molecule has 0 spiro atoms. The Balaban J connectivity index is 1.41. The third kappa shape index (κ3) is 3.22. The van der Waals surface area contributed by atoms with E-state index in [9.17, 15) is 14.0 Å². The number of carbonyl (C=O) groups excluding carboxylic acids is 2. The van der Waals surface area contributed by atoms with Gasteiger partial charge in [-0.05, 0) is 61.9 Å². The summed E-state index contributed by atoms with van der Waals surface area (Å²) < 4.78 is 13.0. The molecule has 5 heteroatoms. The maximum absolute atomic E-state index is 13.2. The first-order valence-electron chi connectivity index (χ1n) is 9.45. The molecule has 1 heterocycles. The van der Waals surface area contributed by atoms with Gasteiger partial charge in [-0.1, -0.05) is 30.3 Å². The fraction of sp³-hybridized carbons (Fsp3) is 0.364. The van der Waals surface area contributed by atoms with E-state index in [1.165, 1.54) is 12.1 Å². The molecule has 0 aromatic heterocycles. The zero-order valence-corrected chi connectivity index (χ0v) is 15.4. The van der Waals surface area contributed by atoms with Gasteiger partial charge in [0, 0.05) is 18.3 Å². The van der Waals surface area contributed by atoms with Crippen molar-refractivity contribution in [3.8, 4) is 0 Å². The number of hydrogen-bond donors (Lipinski definition) is 1. The molecule has 2 aliphatic rings. The van der Waals surface area contributed by atoms with E-state index in [4.69, 9.17) is 0 Å². The summed E-state index contributed by atoms with van der Waals surface area (Å²) in [5.74, 6) is -0.546. The molecule has 1 aliphatic carbocycles. The van der Waals surface area contributed by atoms with Gasteiger partial charge in [-0.3, -0.25) is 9.59 Å². The lowest BCUT2D eigenvalue weighted by molar-refractivity contribution is -0.135. The van der Waals surface area contributed by atoms with E-state index in [0.29, 0.717) is 25.8 Å². The van der Waals surface area contributed by atoms with E-state index in [2.05, 4.69) is 5.32 Å². The maximum atomic E-state index is 13.2. The molecule has 2 aromatic rings. The second-order valence-electron chi connectivity index (χ2n) is 7.57. The van der Waals surface area contributed by atoms with Gasteiger partial charge in [-0.25, -0.2) is 4.39 Å². The smallest absolute Gasteiger partial charge is 0.242 e. The second kappa shape index (κ2) is 6.80. The number of nitrogens with one attached hydrogen (secondary N) is 1. The van der Waals surface area contributed by atoms with Crippen LogP contribution in [-0.2, 0) is 22.4 Å². The summed E-state index contributed by atoms with van der Waals surface area (Å²) in [6, 6.07) is 14.2. The summed E-state index contributed by atoms with van der Waals surface area (Å²) >= 11 is 0. The number of para-hydroxylation sites is 1. The molecule has 1 fully saturated rings. The van der Waals surface area contributed by atoms with Crippen LogP contribution in [0.3, 0.4) is 0 Å². The average Bonchev–Trinajstić information content (AvgIpc) is 3.40. The Morgan fingerprint density at radius 1 is 1.15 bits per heavy atom. The van der Waals surface area contributed by atoms with E-state index in [1.807, 2.05) is 36.1 Å². The van der Waals surface area contributed by atoms with E-state index in [-0.39, 0.29) is 23.7 Å². The van der Waals surface area contributed by atoms with Crippen molar-refractivity contribution in [3.05, 3.63) is 65.5 Å². The van der Waals surface area contributed by atoms with Crippen molar-refractivity contribution < 1.29 is 14.0 Å². The van der Waals surface area contributed by atoms with E-state index >= 15 is 0 Å². The minimum absolute atomic E-state index is 0.0689. The van der Waals surface area contributed by atoms with Crippen LogP contribution in [0.2, 0.25) is 0 Å². The highest BCUT2D eigenvalue weighted by molar-refractivity contribution is 6.15. The molecule has 0 bridgehead atoms. The number of amides is 2. The minimum atomic E-state index is -0.922. The van der Waals surface area contributed by atoms with Gasteiger partial charge in [-0.15, -0.1) is 0 Å². The number of halogens is 1. The van der Waals surface area contributed by atoms with Crippen molar-refractivity contribution in [2.45, 2.75) is 38.6 Å². The molecule has 1 atom stereocenters. The molecule has 1 unspecified atom stereocenters.